The molecule has 0 radical (unpaired) electrons. The Morgan fingerprint density at radius 3 is 1.95 bits per heavy atom. The Bertz CT molecular complexity index is 2620. The lowest BCUT2D eigenvalue weighted by Gasteiger charge is -2.30. The lowest BCUT2D eigenvalue weighted by Crippen LogP contribution is -2.38. The number of phosphoric ester groups is 2. The molecule has 60 heavy (non-hydrogen) atoms. The third-order valence-corrected chi connectivity index (χ3v) is 12.2. The number of aromatic nitrogens is 8. The molecule has 1 amide bonds. The summed E-state index contributed by atoms with van der Waals surface area (Å²) in [4.78, 5) is 48.2. The number of anilines is 1. The van der Waals surface area contributed by atoms with E-state index in [1.165, 1.54) is 0 Å². The number of carbonyl (C=O) groups is 1. The van der Waals surface area contributed by atoms with Gasteiger partial charge < -0.3 is 19.8 Å². The Labute approximate surface area is 335 Å². The predicted molar refractivity (Wildman–Crippen MR) is 195 cm³/mol. The maximum Gasteiger partial charge on any atom is 0.475 e. The highest BCUT2D eigenvalue weighted by molar-refractivity contribution is 7.48. The van der Waals surface area contributed by atoms with Crippen LogP contribution >= 0.6 is 15.6 Å². The van der Waals surface area contributed by atoms with Gasteiger partial charge in [0.05, 0.1) is 70.4 Å². The Balaban J connectivity index is 1.11. The van der Waals surface area contributed by atoms with Crippen molar-refractivity contribution in [2.75, 3.05) is 31.7 Å². The number of aromatic amines is 1. The molecule has 314 valence electrons. The first-order valence-electron chi connectivity index (χ1n) is 17.9. The number of imidazole rings is 2. The van der Waals surface area contributed by atoms with E-state index in [4.69, 9.17) is 47.1 Å². The van der Waals surface area contributed by atoms with Gasteiger partial charge in [-0.15, -0.1) is 0 Å². The summed E-state index contributed by atoms with van der Waals surface area (Å²) in [5.41, 5.74) is -0.554. The quantitative estimate of drug-likeness (QED) is 0.150. The predicted octanol–water partition coefficient (Wildman–Crippen LogP) is 3.58. The number of fused-ring (bicyclic) bond motifs is 4. The maximum absolute atomic E-state index is 16.8. The fourth-order valence-electron chi connectivity index (χ4n) is 6.53. The molecule has 3 aliphatic rings. The third-order valence-electron chi connectivity index (χ3n) is 9.30. The summed E-state index contributed by atoms with van der Waals surface area (Å²) in [6, 6.07) is 11.8. The SMILES string of the molecule is N#CCCOP1(=O)OCC2OC(n3cnc4c(=O)[nH]cnc43)[C@H](F)[C@@H]2OP(=O)(OCCC#N)OCC2OC(n3cnc4c(NC(=O)c5ccccc5)ncnc43)[C@H](F)[C@@H]2O1. The first kappa shape index (κ1) is 41.3. The summed E-state index contributed by atoms with van der Waals surface area (Å²) in [5.74, 6) is -0.534. The second kappa shape index (κ2) is 17.3. The van der Waals surface area contributed by atoms with Crippen LogP contribution in [0.1, 0.15) is 35.7 Å². The van der Waals surface area contributed by atoms with Crippen LogP contribution in [0, 0.1) is 22.7 Å². The number of halogens is 2. The van der Waals surface area contributed by atoms with Crippen molar-refractivity contribution in [2.45, 2.75) is 62.1 Å². The van der Waals surface area contributed by atoms with Crippen LogP contribution in [0.5, 0.6) is 0 Å². The molecule has 3 aliphatic heterocycles. The van der Waals surface area contributed by atoms with Gasteiger partial charge in [-0.1, -0.05) is 18.2 Å². The third kappa shape index (κ3) is 8.20. The van der Waals surface area contributed by atoms with Crippen LogP contribution in [-0.2, 0) is 45.7 Å². The summed E-state index contributed by atoms with van der Waals surface area (Å²) < 4.78 is 110. The van der Waals surface area contributed by atoms with E-state index < -0.39 is 103 Å². The highest BCUT2D eigenvalue weighted by atomic mass is 31.2. The summed E-state index contributed by atoms with van der Waals surface area (Å²) in [6.07, 6.45) is -11.2. The molecular formula is C33H31F2N11O12P2. The zero-order valence-corrected chi connectivity index (χ0v) is 32.4. The van der Waals surface area contributed by atoms with E-state index in [-0.39, 0.29) is 41.0 Å². The normalized spacial score (nSPS) is 30.7. The van der Waals surface area contributed by atoms with Gasteiger partial charge in [0.2, 0.25) is 0 Å². The monoisotopic (exact) mass is 873 g/mol. The molecule has 0 bridgehead atoms. The number of hydrogen-bond donors (Lipinski definition) is 2. The topological polar surface area (TPSA) is 292 Å². The number of ether oxygens (including phenoxy) is 2. The van der Waals surface area contributed by atoms with Gasteiger partial charge in [-0.25, -0.2) is 42.8 Å². The molecule has 2 N–H and O–H groups in total. The second-order valence-electron chi connectivity index (χ2n) is 13.0. The van der Waals surface area contributed by atoms with Crippen LogP contribution in [-0.4, -0.2) is 108 Å². The van der Waals surface area contributed by atoms with Gasteiger partial charge in [0, 0.05) is 5.56 Å². The molecule has 7 heterocycles. The molecule has 3 fully saturated rings. The number of hydrogen-bond acceptors (Lipinski definition) is 19. The number of H-pyrrole nitrogens is 1. The largest absolute Gasteiger partial charge is 0.475 e. The molecule has 23 nitrogen and oxygen atoms in total. The molecule has 0 aliphatic carbocycles. The van der Waals surface area contributed by atoms with Crippen LogP contribution in [0.3, 0.4) is 0 Å². The Kier molecular flexibility index (Phi) is 11.9. The van der Waals surface area contributed by atoms with Gasteiger partial charge in [-0.05, 0) is 12.1 Å². The lowest BCUT2D eigenvalue weighted by molar-refractivity contribution is -0.0703. The van der Waals surface area contributed by atoms with Gasteiger partial charge in [0.15, 0.2) is 52.9 Å². The van der Waals surface area contributed by atoms with E-state index >= 15 is 8.78 Å². The summed E-state index contributed by atoms with van der Waals surface area (Å²) in [7, 11) is -9.90. The van der Waals surface area contributed by atoms with E-state index in [0.29, 0.717) is 5.56 Å². The summed E-state index contributed by atoms with van der Waals surface area (Å²) >= 11 is 0. The van der Waals surface area contributed by atoms with Crippen LogP contribution in [0.15, 0.2) is 60.4 Å². The Morgan fingerprint density at radius 1 is 0.833 bits per heavy atom. The number of nitrogens with one attached hydrogen (secondary N) is 2. The second-order valence-corrected chi connectivity index (χ2v) is 16.3. The van der Waals surface area contributed by atoms with Crippen LogP contribution in [0.4, 0.5) is 14.6 Å². The fourth-order valence-corrected chi connectivity index (χ4v) is 9.32. The van der Waals surface area contributed by atoms with Gasteiger partial charge >= 0.3 is 15.6 Å². The minimum absolute atomic E-state index is 0.0169. The molecule has 8 rings (SSSR count). The van der Waals surface area contributed by atoms with E-state index in [1.807, 2.05) is 0 Å². The van der Waals surface area contributed by atoms with Gasteiger partial charge in [-0.2, -0.15) is 10.5 Å². The van der Waals surface area contributed by atoms with E-state index in [2.05, 4.69) is 35.2 Å². The number of nitrogens with zero attached hydrogens (tertiary/aromatic N) is 9. The average molecular weight is 874 g/mol. The lowest BCUT2D eigenvalue weighted by atomic mass is 10.1. The molecule has 1 aromatic carbocycles. The van der Waals surface area contributed by atoms with Gasteiger partial charge in [0.1, 0.15) is 30.7 Å². The van der Waals surface area contributed by atoms with E-state index in [9.17, 15) is 18.7 Å². The minimum Gasteiger partial charge on any atom is -0.346 e. The van der Waals surface area contributed by atoms with Crippen molar-refractivity contribution < 1.29 is 59.3 Å². The molecule has 27 heteroatoms. The van der Waals surface area contributed by atoms with Crippen molar-refractivity contribution in [3.05, 3.63) is 71.6 Å². The number of carbonyl (C=O) groups excluding carboxylic acids is 1. The zero-order chi connectivity index (χ0) is 42.0. The highest BCUT2D eigenvalue weighted by Crippen LogP contribution is 2.58. The standard InChI is InChI=1S/C33H31F2N11O12P2/c34-21-25-19(55-32(21)45-16-42-23-27(38-14-39-28(23)45)44-30(47)18-6-2-1-3-7-18)12-53-60(50,52-11-5-9-37)58-26-20(13-54-59(49,57-25)51-10-4-8-36)56-33(22(26)35)46-17-43-24-29(46)40-15-41-31(24)48/h1-3,6-7,14-17,19-22,25-26,32-33H,4-5,10-13H2,(H,40,41,48)(H,38,39,44,47)/t19?,20?,21-,22-,25-,26-,32?,33?,59?,60?/m1/s1. The van der Waals surface area contributed by atoms with Crippen molar-refractivity contribution in [3.8, 4) is 12.1 Å². The number of alkyl halides is 2. The number of rotatable bonds is 10. The number of phosphoric acid groups is 2. The van der Waals surface area contributed by atoms with Crippen LogP contribution in [0.25, 0.3) is 22.3 Å². The molecule has 0 saturated carbocycles. The maximum atomic E-state index is 16.8. The molecule has 3 saturated heterocycles. The molecule has 4 aromatic heterocycles. The molecule has 0 spiro atoms. The first-order chi connectivity index (χ1) is 29.0. The van der Waals surface area contributed by atoms with Crippen LogP contribution in [0.2, 0.25) is 0 Å². The van der Waals surface area contributed by atoms with E-state index in [1.54, 1.807) is 42.5 Å². The molecule has 5 aromatic rings. The fraction of sp³-hybridized carbons (Fsp3) is 0.424. The van der Waals surface area contributed by atoms with Gasteiger partial charge in [0.25, 0.3) is 11.5 Å². The van der Waals surface area contributed by atoms with Crippen molar-refractivity contribution in [1.82, 2.24) is 39.0 Å². The summed E-state index contributed by atoms with van der Waals surface area (Å²) in [5, 5.41) is 20.9. The van der Waals surface area contributed by atoms with Crippen molar-refractivity contribution in [1.29, 1.82) is 10.5 Å². The van der Waals surface area contributed by atoms with Crippen molar-refractivity contribution >= 4 is 49.7 Å². The van der Waals surface area contributed by atoms with Gasteiger partial charge in [-0.3, -0.25) is 45.9 Å². The van der Waals surface area contributed by atoms with Crippen molar-refractivity contribution in [3.63, 3.8) is 0 Å². The smallest absolute Gasteiger partial charge is 0.346 e. The Hall–Kier alpha value is -5.43. The Morgan fingerprint density at radius 2 is 1.38 bits per heavy atom. The van der Waals surface area contributed by atoms with E-state index in [0.717, 1.165) is 34.4 Å². The number of amides is 1. The molecule has 6 unspecified atom stereocenters. The number of nitriles is 2. The first-order valence-corrected chi connectivity index (χ1v) is 20.9. The van der Waals surface area contributed by atoms with Crippen LogP contribution < -0.4 is 10.9 Å². The average Bonchev–Trinajstić information content (AvgIpc) is 4.01. The number of benzene rings is 1. The minimum atomic E-state index is -4.95. The summed E-state index contributed by atoms with van der Waals surface area (Å²) in [6.45, 7) is -2.82. The van der Waals surface area contributed by atoms with Crippen molar-refractivity contribution in [2.24, 2.45) is 0 Å². The zero-order valence-electron chi connectivity index (χ0n) is 30.6. The highest BCUT2D eigenvalue weighted by Gasteiger charge is 2.56. The molecular weight excluding hydrogens is 842 g/mol. The molecule has 10 atom stereocenters.